The summed E-state index contributed by atoms with van der Waals surface area (Å²) < 4.78 is 1.85. The molecule has 1 amide bonds. The highest BCUT2D eigenvalue weighted by atomic mass is 16.1. The Morgan fingerprint density at radius 1 is 1.35 bits per heavy atom. The van der Waals surface area contributed by atoms with Gasteiger partial charge in [0, 0.05) is 18.9 Å². The van der Waals surface area contributed by atoms with Crippen molar-refractivity contribution >= 4 is 33.7 Å². The fraction of sp³-hybridized carbons (Fsp3) is 0.267. The standard InChI is InChI=1S/C15H16N4O/c1-3-8-19-15-12(14(18-19)16-10(2)20)9-11-6-4-5-7-13(11)17-15/h4-7,9H,3,8H2,1-2H3,(H,16,18,20). The van der Waals surface area contributed by atoms with Crippen LogP contribution in [0.2, 0.25) is 0 Å². The first-order valence-corrected chi connectivity index (χ1v) is 6.73. The Bertz CT molecular complexity index is 791. The van der Waals surface area contributed by atoms with Crippen molar-refractivity contribution in [2.24, 2.45) is 0 Å². The van der Waals surface area contributed by atoms with E-state index in [1.165, 1.54) is 6.92 Å². The fourth-order valence-electron chi connectivity index (χ4n) is 2.33. The molecule has 1 aromatic carbocycles. The molecule has 2 heterocycles. The van der Waals surface area contributed by atoms with Crippen molar-refractivity contribution in [1.29, 1.82) is 0 Å². The van der Waals surface area contributed by atoms with E-state index in [4.69, 9.17) is 0 Å². The van der Waals surface area contributed by atoms with Gasteiger partial charge < -0.3 is 5.32 Å². The number of rotatable bonds is 3. The van der Waals surface area contributed by atoms with Crippen LogP contribution in [0.4, 0.5) is 5.82 Å². The highest BCUT2D eigenvalue weighted by molar-refractivity contribution is 6.02. The van der Waals surface area contributed by atoms with Crippen LogP contribution in [0, 0.1) is 0 Å². The minimum Gasteiger partial charge on any atom is -0.309 e. The van der Waals surface area contributed by atoms with Crippen LogP contribution in [0.3, 0.4) is 0 Å². The number of pyridine rings is 1. The Morgan fingerprint density at radius 2 is 2.15 bits per heavy atom. The van der Waals surface area contributed by atoms with E-state index in [1.807, 2.05) is 35.0 Å². The SMILES string of the molecule is CCCn1nc(NC(C)=O)c2cc3ccccc3nc21. The minimum absolute atomic E-state index is 0.124. The topological polar surface area (TPSA) is 59.8 Å². The van der Waals surface area contributed by atoms with Crippen LogP contribution < -0.4 is 5.32 Å². The van der Waals surface area contributed by atoms with Crippen molar-refractivity contribution < 1.29 is 4.79 Å². The number of hydrogen-bond donors (Lipinski definition) is 1. The zero-order valence-electron chi connectivity index (χ0n) is 11.6. The van der Waals surface area contributed by atoms with Crippen LogP contribution in [-0.2, 0) is 11.3 Å². The number of aryl methyl sites for hydroxylation is 1. The average Bonchev–Trinajstić information content (AvgIpc) is 2.74. The third-order valence-corrected chi connectivity index (χ3v) is 3.15. The second-order valence-corrected chi connectivity index (χ2v) is 4.81. The van der Waals surface area contributed by atoms with Crippen LogP contribution >= 0.6 is 0 Å². The van der Waals surface area contributed by atoms with Gasteiger partial charge in [-0.2, -0.15) is 5.10 Å². The van der Waals surface area contributed by atoms with Gasteiger partial charge in [0.2, 0.25) is 5.91 Å². The quantitative estimate of drug-likeness (QED) is 0.794. The Morgan fingerprint density at radius 3 is 2.90 bits per heavy atom. The molecular weight excluding hydrogens is 252 g/mol. The predicted molar refractivity (Wildman–Crippen MR) is 79.6 cm³/mol. The van der Waals surface area contributed by atoms with Gasteiger partial charge in [0.05, 0.1) is 10.9 Å². The maximum Gasteiger partial charge on any atom is 0.222 e. The number of hydrogen-bond acceptors (Lipinski definition) is 3. The normalized spacial score (nSPS) is 11.1. The number of nitrogens with zero attached hydrogens (tertiary/aromatic N) is 3. The van der Waals surface area contributed by atoms with Crippen LogP contribution in [-0.4, -0.2) is 20.7 Å². The van der Waals surface area contributed by atoms with Gasteiger partial charge in [-0.1, -0.05) is 25.1 Å². The summed E-state index contributed by atoms with van der Waals surface area (Å²) in [6.45, 7) is 4.35. The summed E-state index contributed by atoms with van der Waals surface area (Å²) in [4.78, 5) is 16.0. The molecule has 0 aliphatic rings. The molecule has 102 valence electrons. The lowest BCUT2D eigenvalue weighted by Crippen LogP contribution is -2.07. The Kier molecular flexibility index (Phi) is 3.10. The van der Waals surface area contributed by atoms with Crippen LogP contribution in [0.25, 0.3) is 21.9 Å². The lowest BCUT2D eigenvalue weighted by Gasteiger charge is -2.01. The molecule has 3 rings (SSSR count). The number of para-hydroxylation sites is 1. The molecule has 1 N–H and O–H groups in total. The van der Waals surface area contributed by atoms with Crippen molar-refractivity contribution in [2.75, 3.05) is 5.32 Å². The van der Waals surface area contributed by atoms with Crippen LogP contribution in [0.5, 0.6) is 0 Å². The molecule has 5 heteroatoms. The molecule has 5 nitrogen and oxygen atoms in total. The van der Waals surface area contributed by atoms with Gasteiger partial charge >= 0.3 is 0 Å². The number of anilines is 1. The van der Waals surface area contributed by atoms with Gasteiger partial charge in [-0.05, 0) is 18.6 Å². The maximum atomic E-state index is 11.3. The number of benzene rings is 1. The van der Waals surface area contributed by atoms with Crippen molar-refractivity contribution in [1.82, 2.24) is 14.8 Å². The van der Waals surface area contributed by atoms with Gasteiger partial charge in [-0.3, -0.25) is 4.79 Å². The number of aromatic nitrogens is 3. The Labute approximate surface area is 116 Å². The predicted octanol–water partition coefficient (Wildman–Crippen LogP) is 2.95. The fourth-order valence-corrected chi connectivity index (χ4v) is 2.33. The van der Waals surface area contributed by atoms with E-state index in [2.05, 4.69) is 22.3 Å². The zero-order chi connectivity index (χ0) is 14.1. The van der Waals surface area contributed by atoms with Gasteiger partial charge in [0.25, 0.3) is 0 Å². The van der Waals surface area contributed by atoms with E-state index >= 15 is 0 Å². The van der Waals surface area contributed by atoms with E-state index in [1.54, 1.807) is 0 Å². The smallest absolute Gasteiger partial charge is 0.222 e. The highest BCUT2D eigenvalue weighted by Crippen LogP contribution is 2.25. The summed E-state index contributed by atoms with van der Waals surface area (Å²) >= 11 is 0. The second-order valence-electron chi connectivity index (χ2n) is 4.81. The lowest BCUT2D eigenvalue weighted by atomic mass is 10.2. The van der Waals surface area contributed by atoms with Gasteiger partial charge in [-0.25, -0.2) is 9.67 Å². The molecule has 2 aromatic heterocycles. The summed E-state index contributed by atoms with van der Waals surface area (Å²) in [6.07, 6.45) is 0.963. The van der Waals surface area contributed by atoms with E-state index in [0.717, 1.165) is 34.9 Å². The first-order valence-electron chi connectivity index (χ1n) is 6.73. The summed E-state index contributed by atoms with van der Waals surface area (Å²) in [5, 5.41) is 9.17. The van der Waals surface area contributed by atoms with Gasteiger partial charge in [-0.15, -0.1) is 0 Å². The minimum atomic E-state index is -0.124. The highest BCUT2D eigenvalue weighted by Gasteiger charge is 2.13. The molecule has 0 unspecified atom stereocenters. The largest absolute Gasteiger partial charge is 0.309 e. The van der Waals surface area contributed by atoms with Crippen molar-refractivity contribution in [3.05, 3.63) is 30.3 Å². The molecule has 0 saturated carbocycles. The monoisotopic (exact) mass is 268 g/mol. The third kappa shape index (κ3) is 2.11. The summed E-state index contributed by atoms with van der Waals surface area (Å²) in [5.41, 5.74) is 1.75. The van der Waals surface area contributed by atoms with Crippen LogP contribution in [0.15, 0.2) is 30.3 Å². The number of amides is 1. The maximum absolute atomic E-state index is 11.3. The van der Waals surface area contributed by atoms with Gasteiger partial charge in [0.15, 0.2) is 11.5 Å². The van der Waals surface area contributed by atoms with Crippen molar-refractivity contribution in [2.45, 2.75) is 26.8 Å². The molecule has 0 aliphatic carbocycles. The molecule has 0 radical (unpaired) electrons. The molecule has 0 saturated heterocycles. The zero-order valence-corrected chi connectivity index (χ0v) is 11.6. The molecule has 20 heavy (non-hydrogen) atoms. The van der Waals surface area contributed by atoms with E-state index in [9.17, 15) is 4.79 Å². The third-order valence-electron chi connectivity index (χ3n) is 3.15. The first kappa shape index (κ1) is 12.6. The first-order chi connectivity index (χ1) is 9.69. The van der Waals surface area contributed by atoms with E-state index < -0.39 is 0 Å². The van der Waals surface area contributed by atoms with E-state index in [-0.39, 0.29) is 5.91 Å². The molecule has 3 aromatic rings. The molecule has 0 spiro atoms. The summed E-state index contributed by atoms with van der Waals surface area (Å²) in [5.74, 6) is 0.459. The molecule has 0 bridgehead atoms. The second kappa shape index (κ2) is 4.92. The number of fused-ring (bicyclic) bond motifs is 2. The summed E-state index contributed by atoms with van der Waals surface area (Å²) in [7, 11) is 0. The summed E-state index contributed by atoms with van der Waals surface area (Å²) in [6, 6.07) is 9.97. The molecule has 0 fully saturated rings. The van der Waals surface area contributed by atoms with Gasteiger partial charge in [0.1, 0.15) is 0 Å². The molecule has 0 atom stereocenters. The number of carbonyl (C=O) groups excluding carboxylic acids is 1. The van der Waals surface area contributed by atoms with Crippen LogP contribution in [0.1, 0.15) is 20.3 Å². The number of nitrogens with one attached hydrogen (secondary N) is 1. The molecular formula is C15H16N4O. The lowest BCUT2D eigenvalue weighted by molar-refractivity contribution is -0.114. The molecule has 0 aliphatic heterocycles. The Balaban J connectivity index is 2.28. The average molecular weight is 268 g/mol. The van der Waals surface area contributed by atoms with Crippen molar-refractivity contribution in [3.8, 4) is 0 Å². The van der Waals surface area contributed by atoms with E-state index in [0.29, 0.717) is 5.82 Å². The number of carbonyl (C=O) groups is 1. The Hall–Kier alpha value is -2.43. The van der Waals surface area contributed by atoms with Crippen molar-refractivity contribution in [3.63, 3.8) is 0 Å².